The van der Waals surface area contributed by atoms with Crippen LogP contribution in [-0.4, -0.2) is 17.5 Å². The zero-order valence-corrected chi connectivity index (χ0v) is 14.9. The van der Waals surface area contributed by atoms with Gasteiger partial charge in [-0.3, -0.25) is 0 Å². The van der Waals surface area contributed by atoms with Gasteiger partial charge in [0.15, 0.2) is 6.29 Å². The predicted molar refractivity (Wildman–Crippen MR) is 87.8 cm³/mol. The van der Waals surface area contributed by atoms with Crippen LogP contribution < -0.4 is 0 Å². The molecule has 0 radical (unpaired) electrons. The van der Waals surface area contributed by atoms with E-state index in [2.05, 4.69) is 40.7 Å². The number of hydrogen-bond donors (Lipinski definition) is 1. The smallest absolute Gasteiger partial charge is 0.160 e. The van der Waals surface area contributed by atoms with E-state index in [0.29, 0.717) is 23.7 Å². The van der Waals surface area contributed by atoms with E-state index in [0.717, 1.165) is 25.7 Å². The zero-order chi connectivity index (χ0) is 16.5. The van der Waals surface area contributed by atoms with Crippen LogP contribution in [0.2, 0.25) is 0 Å². The highest BCUT2D eigenvalue weighted by Crippen LogP contribution is 2.48. The first kappa shape index (κ1) is 17.8. The highest BCUT2D eigenvalue weighted by molar-refractivity contribution is 5.00. The summed E-state index contributed by atoms with van der Waals surface area (Å²) in [6.45, 7) is 10.9. The van der Waals surface area contributed by atoms with Crippen molar-refractivity contribution in [2.24, 2.45) is 35.0 Å². The second-order valence-electron chi connectivity index (χ2n) is 8.67. The number of aliphatic hydroxyl groups excluding tert-OH is 1. The molecule has 0 aromatic heterocycles. The van der Waals surface area contributed by atoms with Crippen LogP contribution in [0.25, 0.3) is 0 Å². The fourth-order valence-electron chi connectivity index (χ4n) is 4.61. The van der Waals surface area contributed by atoms with Crippen molar-refractivity contribution in [3.8, 4) is 6.07 Å². The molecule has 1 N–H and O–H groups in total. The van der Waals surface area contributed by atoms with E-state index in [1.54, 1.807) is 0 Å². The van der Waals surface area contributed by atoms with Gasteiger partial charge in [0.05, 0.1) is 12.2 Å². The molecule has 2 fully saturated rings. The van der Waals surface area contributed by atoms with Crippen LogP contribution in [-0.2, 0) is 4.74 Å². The van der Waals surface area contributed by atoms with Gasteiger partial charge in [-0.05, 0) is 55.8 Å². The van der Waals surface area contributed by atoms with E-state index in [4.69, 9.17) is 4.74 Å². The number of nitriles is 1. The van der Waals surface area contributed by atoms with Gasteiger partial charge in [-0.1, -0.05) is 34.6 Å². The molecule has 2 aliphatic carbocycles. The lowest BCUT2D eigenvalue weighted by molar-refractivity contribution is -0.221. The highest BCUT2D eigenvalue weighted by atomic mass is 16.6. The summed E-state index contributed by atoms with van der Waals surface area (Å²) < 4.78 is 6.14. The number of hydrogen-bond acceptors (Lipinski definition) is 3. The van der Waals surface area contributed by atoms with Crippen LogP contribution in [0.3, 0.4) is 0 Å². The third-order valence-electron chi connectivity index (χ3n) is 6.17. The number of fused-ring (bicyclic) bond motifs is 2. The van der Waals surface area contributed by atoms with Gasteiger partial charge >= 0.3 is 0 Å². The lowest BCUT2D eigenvalue weighted by atomic mass is 9.72. The van der Waals surface area contributed by atoms with Gasteiger partial charge in [-0.15, -0.1) is 0 Å². The molecule has 0 heterocycles. The second kappa shape index (κ2) is 6.89. The van der Waals surface area contributed by atoms with Crippen molar-refractivity contribution >= 4 is 0 Å². The highest BCUT2D eigenvalue weighted by Gasteiger charge is 2.44. The van der Waals surface area contributed by atoms with E-state index in [1.165, 1.54) is 6.42 Å². The van der Waals surface area contributed by atoms with E-state index >= 15 is 0 Å². The van der Waals surface area contributed by atoms with E-state index < -0.39 is 6.29 Å². The van der Waals surface area contributed by atoms with Gasteiger partial charge in [-0.25, -0.2) is 0 Å². The molecular formula is C19H33NO2. The molecule has 0 amide bonds. The first-order chi connectivity index (χ1) is 10.3. The minimum atomic E-state index is -0.710. The number of nitrogens with zero attached hydrogens (tertiary/aromatic N) is 1. The summed E-state index contributed by atoms with van der Waals surface area (Å²) in [6, 6.07) is 2.47. The summed E-state index contributed by atoms with van der Waals surface area (Å²) >= 11 is 0. The summed E-state index contributed by atoms with van der Waals surface area (Å²) in [5.41, 5.74) is -0.209. The van der Waals surface area contributed by atoms with Gasteiger partial charge in [0.1, 0.15) is 0 Å². The Morgan fingerprint density at radius 3 is 2.41 bits per heavy atom. The molecule has 0 spiro atoms. The van der Waals surface area contributed by atoms with Gasteiger partial charge < -0.3 is 9.84 Å². The summed E-state index contributed by atoms with van der Waals surface area (Å²) in [4.78, 5) is 0. The molecule has 2 rings (SSSR count). The predicted octanol–water partition coefficient (Wildman–Crippen LogP) is 4.36. The van der Waals surface area contributed by atoms with Crippen molar-refractivity contribution < 1.29 is 9.84 Å². The fraction of sp³-hybridized carbons (Fsp3) is 0.947. The van der Waals surface area contributed by atoms with Crippen molar-refractivity contribution in [1.29, 1.82) is 5.26 Å². The normalized spacial score (nSPS) is 35.4. The lowest BCUT2D eigenvalue weighted by Gasteiger charge is -2.42. The molecule has 126 valence electrons. The number of rotatable bonds is 6. The van der Waals surface area contributed by atoms with Gasteiger partial charge in [0, 0.05) is 11.3 Å². The molecule has 0 aromatic rings. The summed E-state index contributed by atoms with van der Waals surface area (Å²) in [7, 11) is 0. The molecule has 6 atom stereocenters. The molecule has 3 heteroatoms. The Morgan fingerprint density at radius 1 is 1.18 bits per heavy atom. The maximum absolute atomic E-state index is 10.8. The third kappa shape index (κ3) is 3.66. The Hall–Kier alpha value is -0.590. The number of aliphatic hydroxyl groups is 1. The van der Waals surface area contributed by atoms with Crippen molar-refractivity contribution in [1.82, 2.24) is 0 Å². The minimum Gasteiger partial charge on any atom is -0.367 e. The molecule has 2 bridgehead atoms. The number of ether oxygens (including phenoxy) is 1. The maximum Gasteiger partial charge on any atom is 0.160 e. The van der Waals surface area contributed by atoms with Crippen LogP contribution in [0.15, 0.2) is 0 Å². The topological polar surface area (TPSA) is 53.2 Å². The largest absolute Gasteiger partial charge is 0.367 e. The van der Waals surface area contributed by atoms with Crippen LogP contribution in [0, 0.1) is 46.3 Å². The van der Waals surface area contributed by atoms with Gasteiger partial charge in [0.25, 0.3) is 0 Å². The standard InChI is InChI=1S/C19H33NO2/c1-12(2)10-19(5,13(3)4)18(21)22-17-8-14-6-15(9-17)16(7-14)11-20/h12-18,21H,6-10H2,1-5H3. The molecule has 0 aromatic carbocycles. The molecule has 2 saturated carbocycles. The summed E-state index contributed by atoms with van der Waals surface area (Å²) in [5.74, 6) is 2.23. The molecule has 6 unspecified atom stereocenters. The van der Waals surface area contributed by atoms with Crippen LogP contribution in [0.4, 0.5) is 0 Å². The quantitative estimate of drug-likeness (QED) is 0.742. The van der Waals surface area contributed by atoms with Gasteiger partial charge in [0.2, 0.25) is 0 Å². The maximum atomic E-state index is 10.8. The van der Waals surface area contributed by atoms with Crippen LogP contribution >= 0.6 is 0 Å². The van der Waals surface area contributed by atoms with Crippen molar-refractivity contribution in [2.45, 2.75) is 79.1 Å². The molecule has 0 aliphatic heterocycles. The van der Waals surface area contributed by atoms with Crippen LogP contribution in [0.5, 0.6) is 0 Å². The monoisotopic (exact) mass is 307 g/mol. The summed E-state index contributed by atoms with van der Waals surface area (Å²) in [6.07, 6.45) is 4.56. The third-order valence-corrected chi connectivity index (χ3v) is 6.17. The Bertz CT molecular complexity index is 414. The van der Waals surface area contributed by atoms with Crippen LogP contribution in [0.1, 0.15) is 66.7 Å². The van der Waals surface area contributed by atoms with E-state index in [9.17, 15) is 10.4 Å². The van der Waals surface area contributed by atoms with E-state index in [1.807, 2.05) is 0 Å². The SMILES string of the molecule is CC(C)CC(C)(C(C)C)C(O)OC1CC2CC(C#N)C(C2)C1. The van der Waals surface area contributed by atoms with Crippen molar-refractivity contribution in [3.63, 3.8) is 0 Å². The molecule has 22 heavy (non-hydrogen) atoms. The zero-order valence-electron chi connectivity index (χ0n) is 14.9. The molecule has 3 nitrogen and oxygen atoms in total. The first-order valence-corrected chi connectivity index (χ1v) is 8.99. The van der Waals surface area contributed by atoms with E-state index in [-0.39, 0.29) is 17.4 Å². The fourth-order valence-corrected chi connectivity index (χ4v) is 4.61. The minimum absolute atomic E-state index is 0.127. The average Bonchev–Trinajstić information content (AvgIpc) is 2.71. The molecular weight excluding hydrogens is 274 g/mol. The molecule has 2 aliphatic rings. The Kier molecular flexibility index (Phi) is 5.56. The Balaban J connectivity index is 1.99. The second-order valence-corrected chi connectivity index (χ2v) is 8.67. The Morgan fingerprint density at radius 2 is 1.86 bits per heavy atom. The lowest BCUT2D eigenvalue weighted by Crippen LogP contribution is -2.43. The Labute approximate surface area is 136 Å². The molecule has 0 saturated heterocycles. The van der Waals surface area contributed by atoms with Crippen molar-refractivity contribution in [2.75, 3.05) is 0 Å². The van der Waals surface area contributed by atoms with Gasteiger partial charge in [-0.2, -0.15) is 5.26 Å². The average molecular weight is 307 g/mol. The first-order valence-electron chi connectivity index (χ1n) is 8.99. The summed E-state index contributed by atoms with van der Waals surface area (Å²) in [5, 5.41) is 20.0. The van der Waals surface area contributed by atoms with Crippen molar-refractivity contribution in [3.05, 3.63) is 0 Å².